The zero-order valence-corrected chi connectivity index (χ0v) is 10.4. The summed E-state index contributed by atoms with van der Waals surface area (Å²) in [5, 5.41) is 2.65. The summed E-state index contributed by atoms with van der Waals surface area (Å²) >= 11 is 0. The summed E-state index contributed by atoms with van der Waals surface area (Å²) in [5.74, 6) is 0.0156. The smallest absolute Gasteiger partial charge is 0.243 e. The third kappa shape index (κ3) is 2.44. The average Bonchev–Trinajstić information content (AvgIpc) is 2.31. The van der Waals surface area contributed by atoms with Gasteiger partial charge in [0, 0.05) is 12.6 Å². The van der Waals surface area contributed by atoms with E-state index in [1.165, 1.54) is 0 Å². The monoisotopic (exact) mass is 240 g/mol. The first-order valence-corrected chi connectivity index (χ1v) is 6.34. The molecule has 2 rings (SSSR count). The molecule has 0 aromatic rings. The van der Waals surface area contributed by atoms with Gasteiger partial charge in [-0.2, -0.15) is 0 Å². The fraction of sp³-hybridized carbons (Fsp3) is 0.833. The number of nitrogens with zero attached hydrogens (tertiary/aromatic N) is 1. The third-order valence-corrected chi connectivity index (χ3v) is 3.58. The minimum absolute atomic E-state index is 0.0220. The van der Waals surface area contributed by atoms with Crippen LogP contribution >= 0.6 is 0 Å². The molecule has 2 fully saturated rings. The van der Waals surface area contributed by atoms with Crippen LogP contribution in [-0.2, 0) is 14.3 Å². The molecule has 3 unspecified atom stereocenters. The Morgan fingerprint density at radius 1 is 1.47 bits per heavy atom. The van der Waals surface area contributed by atoms with Crippen LogP contribution in [0, 0.1) is 0 Å². The molecule has 2 saturated heterocycles. The molecule has 0 aromatic heterocycles. The van der Waals surface area contributed by atoms with Crippen molar-refractivity contribution in [3.8, 4) is 0 Å². The van der Waals surface area contributed by atoms with Crippen molar-refractivity contribution < 1.29 is 14.3 Å². The SMILES string of the molecule is CCC1C(=O)NCC(=O)N1C1CCOC(C)C1. The molecular formula is C12H20N2O3. The van der Waals surface area contributed by atoms with Gasteiger partial charge in [-0.05, 0) is 26.2 Å². The molecule has 0 spiro atoms. The largest absolute Gasteiger partial charge is 0.378 e. The van der Waals surface area contributed by atoms with Crippen molar-refractivity contribution in [2.45, 2.75) is 51.3 Å². The van der Waals surface area contributed by atoms with Crippen LogP contribution in [-0.4, -0.2) is 48.1 Å². The molecule has 0 bridgehead atoms. The van der Waals surface area contributed by atoms with Gasteiger partial charge in [-0.1, -0.05) is 6.92 Å². The fourth-order valence-corrected chi connectivity index (χ4v) is 2.74. The second-order valence-corrected chi connectivity index (χ2v) is 4.80. The highest BCUT2D eigenvalue weighted by Crippen LogP contribution is 2.23. The Hall–Kier alpha value is -1.10. The van der Waals surface area contributed by atoms with E-state index in [0.717, 1.165) is 12.8 Å². The molecule has 0 saturated carbocycles. The predicted molar refractivity (Wildman–Crippen MR) is 62.4 cm³/mol. The molecule has 2 aliphatic rings. The summed E-state index contributed by atoms with van der Waals surface area (Å²) < 4.78 is 5.49. The van der Waals surface area contributed by atoms with Crippen LogP contribution in [0.25, 0.3) is 0 Å². The van der Waals surface area contributed by atoms with E-state index in [9.17, 15) is 9.59 Å². The van der Waals surface area contributed by atoms with Gasteiger partial charge in [0.15, 0.2) is 0 Å². The number of hydrogen-bond donors (Lipinski definition) is 1. The van der Waals surface area contributed by atoms with Gasteiger partial charge >= 0.3 is 0 Å². The van der Waals surface area contributed by atoms with Crippen LogP contribution < -0.4 is 5.32 Å². The Labute approximate surface area is 101 Å². The lowest BCUT2D eigenvalue weighted by molar-refractivity contribution is -0.151. The van der Waals surface area contributed by atoms with Crippen LogP contribution in [0.15, 0.2) is 0 Å². The van der Waals surface area contributed by atoms with Crippen molar-refractivity contribution >= 4 is 11.8 Å². The summed E-state index contributed by atoms with van der Waals surface area (Å²) in [4.78, 5) is 25.5. The summed E-state index contributed by atoms with van der Waals surface area (Å²) in [5.41, 5.74) is 0. The lowest BCUT2D eigenvalue weighted by Crippen LogP contribution is -2.62. The molecule has 17 heavy (non-hydrogen) atoms. The Morgan fingerprint density at radius 3 is 2.88 bits per heavy atom. The van der Waals surface area contributed by atoms with Crippen molar-refractivity contribution in [1.29, 1.82) is 0 Å². The van der Waals surface area contributed by atoms with E-state index in [0.29, 0.717) is 13.0 Å². The van der Waals surface area contributed by atoms with Crippen molar-refractivity contribution in [1.82, 2.24) is 10.2 Å². The first-order valence-electron chi connectivity index (χ1n) is 6.34. The third-order valence-electron chi connectivity index (χ3n) is 3.58. The number of ether oxygens (including phenoxy) is 1. The maximum atomic E-state index is 12.0. The Balaban J connectivity index is 2.14. The predicted octanol–water partition coefficient (Wildman–Crippen LogP) is 0.291. The minimum Gasteiger partial charge on any atom is -0.378 e. The summed E-state index contributed by atoms with van der Waals surface area (Å²) in [6.07, 6.45) is 2.50. The highest BCUT2D eigenvalue weighted by atomic mass is 16.5. The molecule has 3 atom stereocenters. The molecule has 5 nitrogen and oxygen atoms in total. The van der Waals surface area contributed by atoms with Gasteiger partial charge in [0.25, 0.3) is 0 Å². The molecule has 0 radical (unpaired) electrons. The number of rotatable bonds is 2. The Bertz CT molecular complexity index is 319. The van der Waals surface area contributed by atoms with Crippen LogP contribution in [0.4, 0.5) is 0 Å². The zero-order chi connectivity index (χ0) is 12.4. The van der Waals surface area contributed by atoms with Crippen molar-refractivity contribution in [3.05, 3.63) is 0 Å². The molecule has 0 aliphatic carbocycles. The molecule has 2 heterocycles. The summed E-state index contributed by atoms with van der Waals surface area (Å²) in [6.45, 7) is 4.77. The molecular weight excluding hydrogens is 220 g/mol. The van der Waals surface area contributed by atoms with Crippen molar-refractivity contribution in [2.75, 3.05) is 13.2 Å². The number of nitrogens with one attached hydrogen (secondary N) is 1. The number of hydrogen-bond acceptors (Lipinski definition) is 3. The van der Waals surface area contributed by atoms with Gasteiger partial charge in [0.2, 0.25) is 11.8 Å². The van der Waals surface area contributed by atoms with Gasteiger partial charge in [-0.3, -0.25) is 9.59 Å². The van der Waals surface area contributed by atoms with E-state index in [1.807, 2.05) is 13.8 Å². The van der Waals surface area contributed by atoms with E-state index in [-0.39, 0.29) is 36.5 Å². The van der Waals surface area contributed by atoms with E-state index in [4.69, 9.17) is 4.74 Å². The standard InChI is InChI=1S/C12H20N2O3/c1-3-10-12(16)13-7-11(15)14(10)9-4-5-17-8(2)6-9/h8-10H,3-7H2,1-2H3,(H,13,16). The number of carbonyl (C=O) groups excluding carboxylic acids is 2. The molecule has 2 amide bonds. The Kier molecular flexibility index (Phi) is 3.66. The topological polar surface area (TPSA) is 58.6 Å². The van der Waals surface area contributed by atoms with Gasteiger partial charge in [-0.25, -0.2) is 0 Å². The van der Waals surface area contributed by atoms with Crippen molar-refractivity contribution in [2.24, 2.45) is 0 Å². The van der Waals surface area contributed by atoms with E-state index < -0.39 is 0 Å². The highest BCUT2D eigenvalue weighted by molar-refractivity contribution is 5.94. The van der Waals surface area contributed by atoms with Crippen LogP contribution in [0.2, 0.25) is 0 Å². The highest BCUT2D eigenvalue weighted by Gasteiger charge is 2.39. The van der Waals surface area contributed by atoms with E-state index in [1.54, 1.807) is 4.90 Å². The molecule has 96 valence electrons. The minimum atomic E-state index is -0.299. The molecule has 2 aliphatic heterocycles. The molecule has 1 N–H and O–H groups in total. The lowest BCUT2D eigenvalue weighted by Gasteiger charge is -2.42. The van der Waals surface area contributed by atoms with Crippen molar-refractivity contribution in [3.63, 3.8) is 0 Å². The molecule has 5 heteroatoms. The van der Waals surface area contributed by atoms with E-state index in [2.05, 4.69) is 5.32 Å². The lowest BCUT2D eigenvalue weighted by atomic mass is 9.98. The second kappa shape index (κ2) is 5.04. The van der Waals surface area contributed by atoms with E-state index >= 15 is 0 Å². The normalized spacial score (nSPS) is 34.7. The van der Waals surface area contributed by atoms with Gasteiger partial charge in [-0.15, -0.1) is 0 Å². The summed E-state index contributed by atoms with van der Waals surface area (Å²) in [7, 11) is 0. The maximum absolute atomic E-state index is 12.0. The summed E-state index contributed by atoms with van der Waals surface area (Å²) in [6, 6.07) is -0.145. The Morgan fingerprint density at radius 2 is 2.24 bits per heavy atom. The quantitative estimate of drug-likeness (QED) is 0.755. The van der Waals surface area contributed by atoms with Crippen LogP contribution in [0.3, 0.4) is 0 Å². The van der Waals surface area contributed by atoms with Gasteiger partial charge in [0.05, 0.1) is 12.6 Å². The first-order chi connectivity index (χ1) is 8.13. The number of piperazine rings is 1. The zero-order valence-electron chi connectivity index (χ0n) is 10.4. The molecule has 0 aromatic carbocycles. The van der Waals surface area contributed by atoms with Crippen LogP contribution in [0.5, 0.6) is 0 Å². The first kappa shape index (κ1) is 12.4. The van der Waals surface area contributed by atoms with Gasteiger partial charge in [0.1, 0.15) is 6.04 Å². The number of amides is 2. The fourth-order valence-electron chi connectivity index (χ4n) is 2.74. The second-order valence-electron chi connectivity index (χ2n) is 4.80. The average molecular weight is 240 g/mol. The maximum Gasteiger partial charge on any atom is 0.243 e. The van der Waals surface area contributed by atoms with Gasteiger partial charge < -0.3 is 15.0 Å². The number of carbonyl (C=O) groups is 2. The van der Waals surface area contributed by atoms with Crippen LogP contribution in [0.1, 0.15) is 33.1 Å².